The maximum atomic E-state index is 12.2. The van der Waals surface area contributed by atoms with Crippen molar-refractivity contribution in [3.05, 3.63) is 51.2 Å². The number of carbonyl (C=O) groups is 1. The van der Waals surface area contributed by atoms with Gasteiger partial charge in [-0.3, -0.25) is 14.3 Å². The smallest absolute Gasteiger partial charge is 0.260 e. The predicted molar refractivity (Wildman–Crippen MR) is 75.8 cm³/mol. The molecule has 2 heterocycles. The fourth-order valence-corrected chi connectivity index (χ4v) is 2.14. The van der Waals surface area contributed by atoms with Crippen molar-refractivity contribution in [2.45, 2.75) is 19.4 Å². The highest BCUT2D eigenvalue weighted by Gasteiger charge is 2.18. The molecule has 0 bridgehead atoms. The molecule has 2 rings (SSSR count). The van der Waals surface area contributed by atoms with E-state index in [4.69, 9.17) is 11.6 Å². The van der Waals surface area contributed by atoms with E-state index in [0.29, 0.717) is 11.4 Å². The summed E-state index contributed by atoms with van der Waals surface area (Å²) < 4.78 is 1.69. The second kappa shape index (κ2) is 5.92. The van der Waals surface area contributed by atoms with Crippen molar-refractivity contribution in [2.24, 2.45) is 7.05 Å². The number of aryl methyl sites for hydroxylation is 1. The zero-order chi connectivity index (χ0) is 14.7. The molecule has 1 atom stereocenters. The largest absolute Gasteiger partial charge is 0.344 e. The van der Waals surface area contributed by atoms with Gasteiger partial charge in [0.2, 0.25) is 0 Å². The van der Waals surface area contributed by atoms with Gasteiger partial charge in [-0.2, -0.15) is 5.10 Å². The van der Waals surface area contributed by atoms with E-state index in [0.717, 1.165) is 5.69 Å². The first-order valence-corrected chi connectivity index (χ1v) is 6.57. The number of nitrogens with one attached hydrogen (secondary N) is 2. The molecule has 2 aromatic heterocycles. The van der Waals surface area contributed by atoms with Crippen LogP contribution in [-0.2, 0) is 7.05 Å². The van der Waals surface area contributed by atoms with Gasteiger partial charge in [-0.25, -0.2) is 0 Å². The Morgan fingerprint density at radius 1 is 1.60 bits per heavy atom. The maximum absolute atomic E-state index is 12.2. The van der Waals surface area contributed by atoms with E-state index >= 15 is 0 Å². The van der Waals surface area contributed by atoms with Crippen LogP contribution in [0.4, 0.5) is 0 Å². The minimum atomic E-state index is -0.466. The SMILES string of the molecule is CC[C@@H](NC(=O)c1cc(Cl)c[nH]c1=O)c1ccnn1C. The molecule has 0 radical (unpaired) electrons. The number of rotatable bonds is 4. The van der Waals surface area contributed by atoms with E-state index in [1.165, 1.54) is 12.3 Å². The van der Waals surface area contributed by atoms with Crippen LogP contribution >= 0.6 is 11.6 Å². The van der Waals surface area contributed by atoms with Gasteiger partial charge in [-0.15, -0.1) is 0 Å². The number of hydrogen-bond donors (Lipinski definition) is 2. The number of amides is 1. The van der Waals surface area contributed by atoms with Gasteiger partial charge in [-0.05, 0) is 18.6 Å². The van der Waals surface area contributed by atoms with Crippen molar-refractivity contribution in [1.82, 2.24) is 20.1 Å². The first-order valence-electron chi connectivity index (χ1n) is 6.20. The molecule has 106 valence electrons. The third-order valence-corrected chi connectivity index (χ3v) is 3.26. The van der Waals surface area contributed by atoms with Gasteiger partial charge in [0, 0.05) is 19.4 Å². The Kier molecular flexibility index (Phi) is 4.24. The first kappa shape index (κ1) is 14.3. The number of H-pyrrole nitrogens is 1. The van der Waals surface area contributed by atoms with Crippen LogP contribution in [0.2, 0.25) is 5.02 Å². The van der Waals surface area contributed by atoms with E-state index in [2.05, 4.69) is 15.4 Å². The molecule has 20 heavy (non-hydrogen) atoms. The third kappa shape index (κ3) is 2.91. The van der Waals surface area contributed by atoms with Gasteiger partial charge in [0.05, 0.1) is 16.8 Å². The van der Waals surface area contributed by atoms with E-state index in [9.17, 15) is 9.59 Å². The molecular weight excluding hydrogens is 280 g/mol. The number of halogens is 1. The predicted octanol–water partition coefficient (Wildman–Crippen LogP) is 1.64. The molecule has 0 aliphatic heterocycles. The third-order valence-electron chi connectivity index (χ3n) is 3.04. The fraction of sp³-hybridized carbons (Fsp3) is 0.308. The number of hydrogen-bond acceptors (Lipinski definition) is 3. The fourth-order valence-electron chi connectivity index (χ4n) is 1.97. The Balaban J connectivity index is 2.24. The van der Waals surface area contributed by atoms with Gasteiger partial charge in [0.15, 0.2) is 0 Å². The molecule has 0 aromatic carbocycles. The topological polar surface area (TPSA) is 79.8 Å². The van der Waals surface area contributed by atoms with Crippen LogP contribution < -0.4 is 10.9 Å². The lowest BCUT2D eigenvalue weighted by atomic mass is 10.1. The molecule has 2 N–H and O–H groups in total. The summed E-state index contributed by atoms with van der Waals surface area (Å²) in [5, 5.41) is 7.20. The van der Waals surface area contributed by atoms with Crippen LogP contribution in [0.1, 0.15) is 35.4 Å². The van der Waals surface area contributed by atoms with E-state index in [1.54, 1.807) is 17.9 Å². The minimum absolute atomic E-state index is 0.00174. The molecular formula is C13H15ClN4O2. The van der Waals surface area contributed by atoms with Crippen LogP contribution in [0.25, 0.3) is 0 Å². The summed E-state index contributed by atoms with van der Waals surface area (Å²) in [6, 6.07) is 2.97. The first-order chi connectivity index (χ1) is 9.52. The Labute approximate surface area is 120 Å². The molecule has 0 saturated carbocycles. The Bertz CT molecular complexity index is 677. The van der Waals surface area contributed by atoms with Crippen molar-refractivity contribution >= 4 is 17.5 Å². The molecule has 0 unspecified atom stereocenters. The average molecular weight is 295 g/mol. The molecule has 6 nitrogen and oxygen atoms in total. The van der Waals surface area contributed by atoms with Crippen molar-refractivity contribution < 1.29 is 4.79 Å². The van der Waals surface area contributed by atoms with Crippen molar-refractivity contribution in [1.29, 1.82) is 0 Å². The van der Waals surface area contributed by atoms with E-state index in [1.807, 2.05) is 13.0 Å². The highest BCUT2D eigenvalue weighted by atomic mass is 35.5. The number of nitrogens with zero attached hydrogens (tertiary/aromatic N) is 2. The van der Waals surface area contributed by atoms with Crippen LogP contribution in [0.3, 0.4) is 0 Å². The van der Waals surface area contributed by atoms with Crippen molar-refractivity contribution in [3.63, 3.8) is 0 Å². The van der Waals surface area contributed by atoms with Gasteiger partial charge in [-0.1, -0.05) is 18.5 Å². The van der Waals surface area contributed by atoms with Gasteiger partial charge in [0.25, 0.3) is 11.5 Å². The van der Waals surface area contributed by atoms with Gasteiger partial charge in [0.1, 0.15) is 5.56 Å². The molecule has 0 aliphatic carbocycles. The summed E-state index contributed by atoms with van der Waals surface area (Å²) in [6.45, 7) is 1.94. The summed E-state index contributed by atoms with van der Waals surface area (Å²) >= 11 is 5.79. The standard InChI is InChI=1S/C13H15ClN4O2/c1-3-10(11-4-5-16-18(11)2)17-13(20)9-6-8(14)7-15-12(9)19/h4-7,10H,3H2,1-2H3,(H,15,19)(H,17,20)/t10-/m1/s1. The Morgan fingerprint density at radius 2 is 2.35 bits per heavy atom. The highest BCUT2D eigenvalue weighted by Crippen LogP contribution is 2.16. The van der Waals surface area contributed by atoms with Gasteiger partial charge < -0.3 is 10.3 Å². The molecule has 1 amide bonds. The van der Waals surface area contributed by atoms with Gasteiger partial charge >= 0.3 is 0 Å². The van der Waals surface area contributed by atoms with Crippen molar-refractivity contribution in [3.8, 4) is 0 Å². The normalized spacial score (nSPS) is 12.2. The lowest BCUT2D eigenvalue weighted by Crippen LogP contribution is -2.33. The Morgan fingerprint density at radius 3 is 2.95 bits per heavy atom. The highest BCUT2D eigenvalue weighted by molar-refractivity contribution is 6.30. The molecule has 0 fully saturated rings. The average Bonchev–Trinajstić information content (AvgIpc) is 2.84. The molecule has 7 heteroatoms. The molecule has 2 aromatic rings. The summed E-state index contributed by atoms with van der Waals surface area (Å²) in [5.41, 5.74) is 0.407. The summed E-state index contributed by atoms with van der Waals surface area (Å²) in [5.74, 6) is -0.457. The molecule has 0 saturated heterocycles. The number of aromatic amines is 1. The second-order valence-electron chi connectivity index (χ2n) is 4.37. The summed E-state index contributed by atoms with van der Waals surface area (Å²) in [4.78, 5) is 26.2. The number of carbonyl (C=O) groups excluding carboxylic acids is 1. The van der Waals surface area contributed by atoms with Crippen LogP contribution in [0.5, 0.6) is 0 Å². The molecule has 0 aliphatic rings. The summed E-state index contributed by atoms with van der Waals surface area (Å²) in [6.07, 6.45) is 3.69. The monoisotopic (exact) mass is 294 g/mol. The quantitative estimate of drug-likeness (QED) is 0.899. The number of pyridine rings is 1. The lowest BCUT2D eigenvalue weighted by molar-refractivity contribution is 0.0932. The second-order valence-corrected chi connectivity index (χ2v) is 4.81. The van der Waals surface area contributed by atoms with Crippen molar-refractivity contribution in [2.75, 3.05) is 0 Å². The number of aromatic nitrogens is 3. The molecule has 0 spiro atoms. The van der Waals surface area contributed by atoms with Crippen LogP contribution in [-0.4, -0.2) is 20.7 Å². The Hall–Kier alpha value is -2.08. The van der Waals surface area contributed by atoms with Crippen LogP contribution in [0.15, 0.2) is 29.3 Å². The zero-order valence-electron chi connectivity index (χ0n) is 11.2. The summed E-state index contributed by atoms with van der Waals surface area (Å²) in [7, 11) is 1.80. The van der Waals surface area contributed by atoms with E-state index < -0.39 is 11.5 Å². The van der Waals surface area contributed by atoms with Crippen LogP contribution in [0, 0.1) is 0 Å². The zero-order valence-corrected chi connectivity index (χ0v) is 11.9. The minimum Gasteiger partial charge on any atom is -0.344 e. The van der Waals surface area contributed by atoms with E-state index in [-0.39, 0.29) is 11.6 Å². The lowest BCUT2D eigenvalue weighted by Gasteiger charge is -2.17. The maximum Gasteiger partial charge on any atom is 0.260 e.